The van der Waals surface area contributed by atoms with Gasteiger partial charge in [0.05, 0.1) is 0 Å². The van der Waals surface area contributed by atoms with Crippen LogP contribution in [0.15, 0.2) is 60.2 Å². The van der Waals surface area contributed by atoms with E-state index >= 15 is 0 Å². The monoisotopic (exact) mass is 347 g/mol. The van der Waals surface area contributed by atoms with Crippen LogP contribution < -0.4 is 10.2 Å². The van der Waals surface area contributed by atoms with E-state index in [-0.39, 0.29) is 11.5 Å². The Bertz CT molecular complexity index is 769. The summed E-state index contributed by atoms with van der Waals surface area (Å²) in [6, 6.07) is 19.8. The molecule has 0 saturated carbocycles. The summed E-state index contributed by atoms with van der Waals surface area (Å²) in [5, 5.41) is 12.1. The normalized spacial score (nSPS) is 10.9. The van der Waals surface area contributed by atoms with Gasteiger partial charge >= 0.3 is 0 Å². The van der Waals surface area contributed by atoms with Gasteiger partial charge in [-0.25, -0.2) is 0 Å². The van der Waals surface area contributed by atoms with Crippen molar-refractivity contribution in [3.63, 3.8) is 0 Å². The maximum Gasteiger partial charge on any atom is 0.261 e. The lowest BCUT2D eigenvalue weighted by atomic mass is 10.1. The van der Waals surface area contributed by atoms with E-state index in [1.165, 1.54) is 0 Å². The van der Waals surface area contributed by atoms with Gasteiger partial charge in [0.25, 0.3) is 5.91 Å². The van der Waals surface area contributed by atoms with E-state index in [1.807, 2.05) is 60.7 Å². The first-order valence-electron chi connectivity index (χ1n) is 8.96. The zero-order chi connectivity index (χ0) is 18.8. The van der Waals surface area contributed by atoms with Gasteiger partial charge < -0.3 is 10.2 Å². The Hall–Kier alpha value is -3.06. The number of amides is 1. The van der Waals surface area contributed by atoms with Gasteiger partial charge in [-0.15, -0.1) is 0 Å². The minimum Gasteiger partial charge on any atom is -0.372 e. The van der Waals surface area contributed by atoms with Crippen molar-refractivity contribution >= 4 is 17.7 Å². The maximum absolute atomic E-state index is 12.2. The number of nitriles is 1. The summed E-state index contributed by atoms with van der Waals surface area (Å²) < 4.78 is 0. The molecule has 0 atom stereocenters. The summed E-state index contributed by atoms with van der Waals surface area (Å²) in [5.41, 5.74) is 3.25. The molecule has 0 fully saturated rings. The summed E-state index contributed by atoms with van der Waals surface area (Å²) in [6.07, 6.45) is 2.37. The Kier molecular flexibility index (Phi) is 7.45. The van der Waals surface area contributed by atoms with Gasteiger partial charge in [-0.05, 0) is 49.6 Å². The summed E-state index contributed by atoms with van der Waals surface area (Å²) in [7, 11) is 0. The number of benzene rings is 2. The van der Waals surface area contributed by atoms with E-state index < -0.39 is 0 Å². The van der Waals surface area contributed by atoms with Crippen LogP contribution >= 0.6 is 0 Å². The van der Waals surface area contributed by atoms with Crippen molar-refractivity contribution in [2.24, 2.45) is 0 Å². The van der Waals surface area contributed by atoms with Crippen molar-refractivity contribution < 1.29 is 4.79 Å². The first-order valence-corrected chi connectivity index (χ1v) is 8.96. The lowest BCUT2D eigenvalue weighted by Crippen LogP contribution is -2.26. The van der Waals surface area contributed by atoms with Crippen molar-refractivity contribution in [3.05, 3.63) is 71.3 Å². The number of anilines is 1. The van der Waals surface area contributed by atoms with Crippen molar-refractivity contribution in [2.45, 2.75) is 20.3 Å². The van der Waals surface area contributed by atoms with Crippen LogP contribution in [-0.2, 0) is 11.2 Å². The Morgan fingerprint density at radius 2 is 1.73 bits per heavy atom. The van der Waals surface area contributed by atoms with Crippen LogP contribution in [0, 0.1) is 11.3 Å². The van der Waals surface area contributed by atoms with Gasteiger partial charge in [0.2, 0.25) is 0 Å². The third kappa shape index (κ3) is 5.49. The van der Waals surface area contributed by atoms with Gasteiger partial charge in [-0.3, -0.25) is 4.79 Å². The maximum atomic E-state index is 12.2. The second-order valence-electron chi connectivity index (χ2n) is 5.93. The SMILES string of the molecule is CCN(CC)c1ccc(C=C(C#N)C(=O)NCCc2ccccc2)cc1. The molecule has 0 bridgehead atoms. The fraction of sp³-hybridized carbons (Fsp3) is 0.273. The molecule has 0 aliphatic carbocycles. The molecule has 0 unspecified atom stereocenters. The molecule has 0 saturated heterocycles. The average Bonchev–Trinajstić information content (AvgIpc) is 2.69. The second-order valence-corrected chi connectivity index (χ2v) is 5.93. The van der Waals surface area contributed by atoms with E-state index in [2.05, 4.69) is 24.1 Å². The zero-order valence-electron chi connectivity index (χ0n) is 15.4. The molecule has 4 heteroatoms. The molecule has 2 rings (SSSR count). The highest BCUT2D eigenvalue weighted by Gasteiger charge is 2.09. The van der Waals surface area contributed by atoms with E-state index in [0.717, 1.165) is 36.3 Å². The molecule has 0 heterocycles. The fourth-order valence-electron chi connectivity index (χ4n) is 2.75. The highest BCUT2D eigenvalue weighted by molar-refractivity contribution is 6.01. The van der Waals surface area contributed by atoms with Gasteiger partial charge in [0, 0.05) is 25.3 Å². The van der Waals surface area contributed by atoms with Crippen LogP contribution in [0.2, 0.25) is 0 Å². The third-order valence-corrected chi connectivity index (χ3v) is 4.24. The molecule has 0 aliphatic heterocycles. The first kappa shape index (κ1) is 19.3. The van der Waals surface area contributed by atoms with Crippen molar-refractivity contribution in [1.82, 2.24) is 5.32 Å². The van der Waals surface area contributed by atoms with E-state index in [4.69, 9.17) is 0 Å². The molecule has 2 aromatic carbocycles. The number of rotatable bonds is 8. The number of hydrogen-bond acceptors (Lipinski definition) is 3. The van der Waals surface area contributed by atoms with Crippen molar-refractivity contribution in [1.29, 1.82) is 5.26 Å². The average molecular weight is 347 g/mol. The van der Waals surface area contributed by atoms with Crippen LogP contribution in [0.1, 0.15) is 25.0 Å². The molecule has 2 aromatic rings. The van der Waals surface area contributed by atoms with Crippen molar-refractivity contribution in [3.8, 4) is 6.07 Å². The van der Waals surface area contributed by atoms with Crippen LogP contribution in [0.4, 0.5) is 5.69 Å². The molecular formula is C22H25N3O. The minimum absolute atomic E-state index is 0.119. The molecule has 0 aromatic heterocycles. The Morgan fingerprint density at radius 3 is 2.31 bits per heavy atom. The third-order valence-electron chi connectivity index (χ3n) is 4.24. The van der Waals surface area contributed by atoms with Crippen LogP contribution in [0.3, 0.4) is 0 Å². The molecule has 26 heavy (non-hydrogen) atoms. The largest absolute Gasteiger partial charge is 0.372 e. The molecule has 0 spiro atoms. The molecule has 0 aliphatic rings. The standard InChI is InChI=1S/C22H25N3O/c1-3-25(4-2)21-12-10-19(11-13-21)16-20(17-23)22(26)24-15-14-18-8-6-5-7-9-18/h5-13,16H,3-4,14-15H2,1-2H3,(H,24,26). The van der Waals surface area contributed by atoms with Gasteiger partial charge in [0.1, 0.15) is 11.6 Å². The summed E-state index contributed by atoms with van der Waals surface area (Å²) >= 11 is 0. The quantitative estimate of drug-likeness (QED) is 0.584. The fourth-order valence-corrected chi connectivity index (χ4v) is 2.75. The highest BCUT2D eigenvalue weighted by Crippen LogP contribution is 2.16. The highest BCUT2D eigenvalue weighted by atomic mass is 16.1. The lowest BCUT2D eigenvalue weighted by molar-refractivity contribution is -0.117. The molecule has 1 amide bonds. The summed E-state index contributed by atoms with van der Waals surface area (Å²) in [5.74, 6) is -0.337. The smallest absolute Gasteiger partial charge is 0.261 e. The predicted octanol–water partition coefficient (Wildman–Crippen LogP) is 3.80. The number of nitrogens with one attached hydrogen (secondary N) is 1. The second kappa shape index (κ2) is 10.0. The topological polar surface area (TPSA) is 56.1 Å². The molecule has 1 N–H and O–H groups in total. The lowest BCUT2D eigenvalue weighted by Gasteiger charge is -2.20. The Labute approximate surface area is 155 Å². The molecule has 4 nitrogen and oxygen atoms in total. The first-order chi connectivity index (χ1) is 12.7. The van der Waals surface area contributed by atoms with E-state index in [9.17, 15) is 10.1 Å². The van der Waals surface area contributed by atoms with Crippen molar-refractivity contribution in [2.75, 3.05) is 24.5 Å². The van der Waals surface area contributed by atoms with Crippen LogP contribution in [-0.4, -0.2) is 25.5 Å². The van der Waals surface area contributed by atoms with Crippen LogP contribution in [0.25, 0.3) is 6.08 Å². The Morgan fingerprint density at radius 1 is 1.08 bits per heavy atom. The number of carbonyl (C=O) groups excluding carboxylic acids is 1. The minimum atomic E-state index is -0.337. The predicted molar refractivity (Wildman–Crippen MR) is 107 cm³/mol. The van der Waals surface area contributed by atoms with Gasteiger partial charge in [0.15, 0.2) is 0 Å². The molecular weight excluding hydrogens is 322 g/mol. The Balaban J connectivity index is 1.98. The van der Waals surface area contributed by atoms with Gasteiger partial charge in [-0.1, -0.05) is 42.5 Å². The molecule has 0 radical (unpaired) electrons. The van der Waals surface area contributed by atoms with Gasteiger partial charge in [-0.2, -0.15) is 5.26 Å². The van der Waals surface area contributed by atoms with E-state index in [1.54, 1.807) is 6.08 Å². The zero-order valence-corrected chi connectivity index (χ0v) is 15.4. The number of carbonyl (C=O) groups is 1. The summed E-state index contributed by atoms with van der Waals surface area (Å²) in [6.45, 7) is 6.62. The molecule has 134 valence electrons. The number of hydrogen-bond donors (Lipinski definition) is 1. The van der Waals surface area contributed by atoms with Crippen LogP contribution in [0.5, 0.6) is 0 Å². The number of nitrogens with zero attached hydrogens (tertiary/aromatic N) is 2. The van der Waals surface area contributed by atoms with E-state index in [0.29, 0.717) is 6.54 Å². The summed E-state index contributed by atoms with van der Waals surface area (Å²) in [4.78, 5) is 14.5.